The summed E-state index contributed by atoms with van der Waals surface area (Å²) in [5, 5.41) is 13.3. The first kappa shape index (κ1) is 21.3. The van der Waals surface area contributed by atoms with Gasteiger partial charge in [0, 0.05) is 41.5 Å². The first-order chi connectivity index (χ1) is 14.8. The molecule has 2 aromatic heterocycles. The molecule has 164 valence electrons. The van der Waals surface area contributed by atoms with Crippen LogP contribution in [0, 0.1) is 0 Å². The predicted molar refractivity (Wildman–Crippen MR) is 111 cm³/mol. The molecular weight excluding hydrogens is 409 g/mol. The lowest BCUT2D eigenvalue weighted by atomic mass is 9.93. The largest absolute Gasteiger partial charge is 0.393 e. The molecule has 4 rings (SSSR count). The average molecular weight is 432 g/mol. The Morgan fingerprint density at radius 2 is 2.00 bits per heavy atom. The molecule has 0 unspecified atom stereocenters. The number of alkyl halides is 3. The molecule has 0 radical (unpaired) electrons. The lowest BCUT2D eigenvalue weighted by molar-refractivity contribution is -0.131. The van der Waals surface area contributed by atoms with Gasteiger partial charge in [-0.15, -0.1) is 0 Å². The Kier molecular flexibility index (Phi) is 5.95. The maximum absolute atomic E-state index is 12.5. The van der Waals surface area contributed by atoms with E-state index in [1.807, 2.05) is 16.8 Å². The summed E-state index contributed by atoms with van der Waals surface area (Å²) in [6.07, 6.45) is 1.74. The third-order valence-electron chi connectivity index (χ3n) is 5.66. The highest BCUT2D eigenvalue weighted by Gasteiger charge is 2.27. The zero-order valence-electron chi connectivity index (χ0n) is 16.8. The van der Waals surface area contributed by atoms with Crippen molar-refractivity contribution < 1.29 is 23.1 Å². The highest BCUT2D eigenvalue weighted by Crippen LogP contribution is 2.36. The maximum atomic E-state index is 12.5. The van der Waals surface area contributed by atoms with Gasteiger partial charge in [0.15, 0.2) is 0 Å². The minimum Gasteiger partial charge on any atom is -0.393 e. The molecule has 2 N–H and O–H groups in total. The van der Waals surface area contributed by atoms with Crippen LogP contribution in [-0.2, 0) is 0 Å². The quantitative estimate of drug-likeness (QED) is 0.550. The predicted octanol–water partition coefficient (Wildman–Crippen LogP) is 4.75. The summed E-state index contributed by atoms with van der Waals surface area (Å²) >= 11 is 0. The van der Waals surface area contributed by atoms with E-state index in [-0.39, 0.29) is 24.6 Å². The number of anilines is 1. The number of fused-ring (bicyclic) bond motifs is 1. The third kappa shape index (κ3) is 4.87. The Hall–Kier alpha value is -2.94. The van der Waals surface area contributed by atoms with Crippen LogP contribution in [0.5, 0.6) is 0 Å². The number of aromatic nitrogens is 3. The number of aliphatic hydroxyl groups is 1. The fourth-order valence-corrected chi connectivity index (χ4v) is 4.05. The summed E-state index contributed by atoms with van der Waals surface area (Å²) in [5.74, 6) is 0.139. The van der Waals surface area contributed by atoms with Gasteiger partial charge in [-0.2, -0.15) is 18.2 Å². The van der Waals surface area contributed by atoms with Crippen LogP contribution in [0.4, 0.5) is 19.1 Å². The third-order valence-corrected chi connectivity index (χ3v) is 5.66. The van der Waals surface area contributed by atoms with Gasteiger partial charge in [0.25, 0.3) is 0 Å². The standard InChI is InChI=1S/C22H23F3N4O2/c23-22(24,25)8-9-26-21-27-11-18-19(15-3-1-2-14(10-15)13-30)12-29(20(18)28-21)16-4-6-17(31)7-5-16/h1-3,10-13,16-17,31H,4-9H2,(H,26,27,28)/t16-,17-. The molecule has 0 aliphatic heterocycles. The van der Waals surface area contributed by atoms with E-state index in [4.69, 9.17) is 0 Å². The summed E-state index contributed by atoms with van der Waals surface area (Å²) in [6.45, 7) is -0.306. The SMILES string of the molecule is O=Cc1cccc(-c2cn([C@H]3CC[C@H](O)CC3)c3nc(NCCC(F)(F)F)ncc23)c1. The molecule has 3 aromatic rings. The van der Waals surface area contributed by atoms with Gasteiger partial charge in [0.2, 0.25) is 5.95 Å². The number of aldehydes is 1. The van der Waals surface area contributed by atoms with E-state index in [1.165, 1.54) is 0 Å². The maximum Gasteiger partial charge on any atom is 0.390 e. The van der Waals surface area contributed by atoms with Crippen molar-refractivity contribution in [3.8, 4) is 11.1 Å². The molecule has 0 spiro atoms. The molecule has 1 saturated carbocycles. The molecule has 9 heteroatoms. The van der Waals surface area contributed by atoms with Crippen LogP contribution in [0.1, 0.15) is 48.5 Å². The lowest BCUT2D eigenvalue weighted by Crippen LogP contribution is -2.21. The van der Waals surface area contributed by atoms with E-state index >= 15 is 0 Å². The van der Waals surface area contributed by atoms with Crippen LogP contribution in [0.25, 0.3) is 22.2 Å². The fraction of sp³-hybridized carbons (Fsp3) is 0.409. The van der Waals surface area contributed by atoms with Gasteiger partial charge in [-0.05, 0) is 37.3 Å². The smallest absolute Gasteiger partial charge is 0.390 e. The molecule has 1 fully saturated rings. The van der Waals surface area contributed by atoms with Crippen molar-refractivity contribution in [2.24, 2.45) is 0 Å². The number of carbonyl (C=O) groups is 1. The zero-order chi connectivity index (χ0) is 22.0. The van der Waals surface area contributed by atoms with Crippen molar-refractivity contribution in [3.05, 3.63) is 42.2 Å². The van der Waals surface area contributed by atoms with E-state index in [0.717, 1.165) is 35.6 Å². The first-order valence-electron chi connectivity index (χ1n) is 10.3. The lowest BCUT2D eigenvalue weighted by Gasteiger charge is -2.27. The van der Waals surface area contributed by atoms with Crippen molar-refractivity contribution in [2.75, 3.05) is 11.9 Å². The second-order valence-corrected chi connectivity index (χ2v) is 7.88. The van der Waals surface area contributed by atoms with E-state index in [2.05, 4.69) is 15.3 Å². The van der Waals surface area contributed by atoms with Crippen molar-refractivity contribution in [1.29, 1.82) is 0 Å². The number of hydrogen-bond donors (Lipinski definition) is 2. The number of carbonyl (C=O) groups excluding carboxylic acids is 1. The molecule has 0 amide bonds. The summed E-state index contributed by atoms with van der Waals surface area (Å²) in [4.78, 5) is 19.9. The number of nitrogens with zero attached hydrogens (tertiary/aromatic N) is 3. The molecule has 0 saturated heterocycles. The van der Waals surface area contributed by atoms with Gasteiger partial charge in [-0.1, -0.05) is 18.2 Å². The zero-order valence-corrected chi connectivity index (χ0v) is 16.8. The summed E-state index contributed by atoms with van der Waals surface area (Å²) in [5.41, 5.74) is 2.86. The number of rotatable bonds is 6. The molecule has 31 heavy (non-hydrogen) atoms. The van der Waals surface area contributed by atoms with Crippen LogP contribution < -0.4 is 5.32 Å². The van der Waals surface area contributed by atoms with E-state index in [1.54, 1.807) is 24.4 Å². The molecular formula is C22H23F3N4O2. The number of nitrogens with one attached hydrogen (secondary N) is 1. The molecule has 1 aliphatic rings. The second-order valence-electron chi connectivity index (χ2n) is 7.88. The van der Waals surface area contributed by atoms with Gasteiger partial charge in [0.05, 0.1) is 12.5 Å². The van der Waals surface area contributed by atoms with Gasteiger partial charge in [-0.3, -0.25) is 4.79 Å². The molecule has 1 aliphatic carbocycles. The number of hydrogen-bond acceptors (Lipinski definition) is 5. The van der Waals surface area contributed by atoms with Crippen molar-refractivity contribution in [2.45, 2.75) is 50.4 Å². The van der Waals surface area contributed by atoms with Crippen LogP contribution in [0.15, 0.2) is 36.7 Å². The average Bonchev–Trinajstić information content (AvgIpc) is 3.12. The summed E-state index contributed by atoms with van der Waals surface area (Å²) in [7, 11) is 0. The summed E-state index contributed by atoms with van der Waals surface area (Å²) in [6, 6.07) is 7.31. The van der Waals surface area contributed by atoms with Gasteiger partial charge in [-0.25, -0.2) is 4.98 Å². The van der Waals surface area contributed by atoms with Crippen LogP contribution in [-0.4, -0.2) is 44.8 Å². The van der Waals surface area contributed by atoms with E-state index < -0.39 is 12.6 Å². The normalized spacial score (nSPS) is 19.5. The highest BCUT2D eigenvalue weighted by molar-refractivity contribution is 5.95. The molecule has 6 nitrogen and oxygen atoms in total. The van der Waals surface area contributed by atoms with Crippen LogP contribution in [0.2, 0.25) is 0 Å². The monoisotopic (exact) mass is 432 g/mol. The molecule has 0 atom stereocenters. The topological polar surface area (TPSA) is 80.0 Å². The Morgan fingerprint density at radius 1 is 1.23 bits per heavy atom. The van der Waals surface area contributed by atoms with Crippen LogP contribution in [0.3, 0.4) is 0 Å². The molecule has 0 bridgehead atoms. The van der Waals surface area contributed by atoms with Crippen LogP contribution >= 0.6 is 0 Å². The van der Waals surface area contributed by atoms with Crippen molar-refractivity contribution in [3.63, 3.8) is 0 Å². The molecule has 1 aromatic carbocycles. The van der Waals surface area contributed by atoms with Gasteiger partial charge >= 0.3 is 6.18 Å². The van der Waals surface area contributed by atoms with E-state index in [9.17, 15) is 23.1 Å². The summed E-state index contributed by atoms with van der Waals surface area (Å²) < 4.78 is 39.4. The van der Waals surface area contributed by atoms with Crippen molar-refractivity contribution >= 4 is 23.3 Å². The minimum atomic E-state index is -4.25. The van der Waals surface area contributed by atoms with Crippen molar-refractivity contribution in [1.82, 2.24) is 14.5 Å². The Labute approximate surface area is 177 Å². The highest BCUT2D eigenvalue weighted by atomic mass is 19.4. The Morgan fingerprint density at radius 3 is 2.71 bits per heavy atom. The van der Waals surface area contributed by atoms with E-state index in [0.29, 0.717) is 24.1 Å². The van der Waals surface area contributed by atoms with Gasteiger partial charge < -0.3 is 15.0 Å². The first-order valence-corrected chi connectivity index (χ1v) is 10.3. The number of benzene rings is 1. The Balaban J connectivity index is 1.73. The Bertz CT molecular complexity index is 1070. The van der Waals surface area contributed by atoms with Gasteiger partial charge in [0.1, 0.15) is 11.9 Å². The number of aliphatic hydroxyl groups excluding tert-OH is 1. The molecule has 2 heterocycles. The minimum absolute atomic E-state index is 0.117. The second kappa shape index (κ2) is 8.66. The number of halogens is 3. The fourth-order valence-electron chi connectivity index (χ4n) is 4.05.